The Hall–Kier alpha value is -1.94. The van der Waals surface area contributed by atoms with Crippen molar-refractivity contribution in [3.05, 3.63) is 58.3 Å². The molecule has 0 amide bonds. The third kappa shape index (κ3) is 1.72. The zero-order chi connectivity index (χ0) is 14.6. The van der Waals surface area contributed by atoms with Gasteiger partial charge in [0.1, 0.15) is 5.82 Å². The van der Waals surface area contributed by atoms with Gasteiger partial charge in [-0.3, -0.25) is 4.40 Å². The van der Waals surface area contributed by atoms with Gasteiger partial charge in [-0.25, -0.2) is 4.98 Å². The highest BCUT2D eigenvalue weighted by atomic mass is 35.5. The van der Waals surface area contributed by atoms with Crippen molar-refractivity contribution in [2.45, 2.75) is 32.1 Å². The van der Waals surface area contributed by atoms with E-state index >= 15 is 0 Å². The van der Waals surface area contributed by atoms with Crippen molar-refractivity contribution in [3.63, 3.8) is 0 Å². The van der Waals surface area contributed by atoms with Crippen LogP contribution in [0.1, 0.15) is 35.6 Å². The summed E-state index contributed by atoms with van der Waals surface area (Å²) in [5, 5.41) is 9.14. The predicted molar refractivity (Wildman–Crippen MR) is 81.7 cm³/mol. The van der Waals surface area contributed by atoms with Crippen molar-refractivity contribution in [1.82, 2.24) is 19.6 Å². The predicted octanol–water partition coefficient (Wildman–Crippen LogP) is 3.47. The number of nitrogens with zero attached hydrogens (tertiary/aromatic N) is 4. The van der Waals surface area contributed by atoms with Crippen LogP contribution in [0.5, 0.6) is 0 Å². The lowest BCUT2D eigenvalue weighted by Crippen LogP contribution is -2.15. The zero-order valence-corrected chi connectivity index (χ0v) is 12.7. The molecule has 4 nitrogen and oxygen atoms in total. The van der Waals surface area contributed by atoms with Gasteiger partial charge in [0.2, 0.25) is 0 Å². The van der Waals surface area contributed by atoms with Gasteiger partial charge >= 0.3 is 0 Å². The summed E-state index contributed by atoms with van der Waals surface area (Å²) in [7, 11) is 0. The van der Waals surface area contributed by atoms with E-state index in [1.165, 1.54) is 5.56 Å². The van der Waals surface area contributed by atoms with E-state index in [0.29, 0.717) is 10.8 Å². The summed E-state index contributed by atoms with van der Waals surface area (Å²) in [6.07, 6.45) is 2.19. The second kappa shape index (κ2) is 4.28. The van der Waals surface area contributed by atoms with E-state index in [9.17, 15) is 0 Å². The highest BCUT2D eigenvalue weighted by Crippen LogP contribution is 2.52. The monoisotopic (exact) mass is 298 g/mol. The molecule has 0 N–H and O–H groups in total. The van der Waals surface area contributed by atoms with Crippen LogP contribution in [-0.2, 0) is 5.41 Å². The summed E-state index contributed by atoms with van der Waals surface area (Å²) < 4.78 is 2.07. The van der Waals surface area contributed by atoms with Crippen LogP contribution in [0.25, 0.3) is 5.65 Å². The van der Waals surface area contributed by atoms with Crippen LogP contribution in [0.4, 0.5) is 0 Å². The molecule has 1 saturated carbocycles. The van der Waals surface area contributed by atoms with Gasteiger partial charge in [0, 0.05) is 5.69 Å². The Balaban J connectivity index is 2.01. The first-order valence-corrected chi connectivity index (χ1v) is 7.45. The lowest BCUT2D eigenvalue weighted by molar-refractivity contribution is 0.730. The van der Waals surface area contributed by atoms with Crippen LogP contribution in [0, 0.1) is 13.8 Å². The minimum absolute atomic E-state index is 0.0252. The zero-order valence-electron chi connectivity index (χ0n) is 12.0. The molecule has 1 aromatic carbocycles. The number of aryl methyl sites for hydroxylation is 2. The summed E-state index contributed by atoms with van der Waals surface area (Å²) in [6, 6.07) is 10.5. The molecule has 1 aliphatic carbocycles. The molecule has 21 heavy (non-hydrogen) atoms. The first kappa shape index (κ1) is 12.8. The number of aromatic nitrogens is 4. The van der Waals surface area contributed by atoms with Gasteiger partial charge in [-0.1, -0.05) is 41.9 Å². The SMILES string of the molecule is Cc1nc(Cl)c2nnc(C3(c4ccccc4)CC3)n2c1C. The fourth-order valence-electron chi connectivity index (χ4n) is 3.01. The largest absolute Gasteiger partial charge is 0.278 e. The molecule has 106 valence electrons. The van der Waals surface area contributed by atoms with Crippen molar-refractivity contribution in [2.75, 3.05) is 0 Å². The fraction of sp³-hybridized carbons (Fsp3) is 0.312. The summed E-state index contributed by atoms with van der Waals surface area (Å²) in [4.78, 5) is 4.33. The van der Waals surface area contributed by atoms with Gasteiger partial charge in [-0.15, -0.1) is 10.2 Å². The maximum atomic E-state index is 6.23. The van der Waals surface area contributed by atoms with Crippen LogP contribution in [0.2, 0.25) is 5.15 Å². The normalized spacial score (nSPS) is 16.3. The molecule has 0 radical (unpaired) electrons. The molecule has 0 saturated heterocycles. The number of hydrogen-bond donors (Lipinski definition) is 0. The first-order valence-electron chi connectivity index (χ1n) is 7.07. The maximum absolute atomic E-state index is 6.23. The Morgan fingerprint density at radius 1 is 1.10 bits per heavy atom. The Morgan fingerprint density at radius 2 is 1.81 bits per heavy atom. The minimum Gasteiger partial charge on any atom is -0.278 e. The molecule has 0 atom stereocenters. The molecule has 2 heterocycles. The van der Waals surface area contributed by atoms with E-state index in [0.717, 1.165) is 30.1 Å². The van der Waals surface area contributed by atoms with Crippen molar-refractivity contribution < 1.29 is 0 Å². The highest BCUT2D eigenvalue weighted by molar-refractivity contribution is 6.32. The Labute approximate surface area is 127 Å². The van der Waals surface area contributed by atoms with E-state index < -0.39 is 0 Å². The number of fused-ring (bicyclic) bond motifs is 1. The molecule has 0 bridgehead atoms. The van der Waals surface area contributed by atoms with Crippen LogP contribution < -0.4 is 0 Å². The minimum atomic E-state index is -0.0252. The molecule has 4 rings (SSSR count). The second-order valence-corrected chi connectivity index (χ2v) is 6.06. The van der Waals surface area contributed by atoms with Crippen molar-refractivity contribution >= 4 is 17.2 Å². The first-order chi connectivity index (χ1) is 10.1. The van der Waals surface area contributed by atoms with E-state index in [4.69, 9.17) is 11.6 Å². The molecule has 0 spiro atoms. The van der Waals surface area contributed by atoms with Crippen LogP contribution in [0.3, 0.4) is 0 Å². The molecule has 5 heteroatoms. The van der Waals surface area contributed by atoms with E-state index in [1.807, 2.05) is 19.9 Å². The molecule has 0 aliphatic heterocycles. The number of benzene rings is 1. The molecule has 1 fully saturated rings. The third-order valence-corrected chi connectivity index (χ3v) is 4.73. The Kier molecular flexibility index (Phi) is 2.60. The fourth-order valence-corrected chi connectivity index (χ4v) is 3.26. The van der Waals surface area contributed by atoms with Crippen LogP contribution in [0.15, 0.2) is 30.3 Å². The molecule has 0 unspecified atom stereocenters. The van der Waals surface area contributed by atoms with Gasteiger partial charge in [0.15, 0.2) is 10.8 Å². The Morgan fingerprint density at radius 3 is 2.48 bits per heavy atom. The van der Waals surface area contributed by atoms with Crippen molar-refractivity contribution in [2.24, 2.45) is 0 Å². The van der Waals surface area contributed by atoms with Gasteiger partial charge in [-0.2, -0.15) is 0 Å². The summed E-state index contributed by atoms with van der Waals surface area (Å²) in [5.74, 6) is 0.980. The topological polar surface area (TPSA) is 43.1 Å². The molecule has 1 aliphatic rings. The lowest BCUT2D eigenvalue weighted by atomic mass is 9.95. The third-order valence-electron chi connectivity index (χ3n) is 4.48. The van der Waals surface area contributed by atoms with E-state index in [1.54, 1.807) is 0 Å². The smallest absolute Gasteiger partial charge is 0.198 e. The van der Waals surface area contributed by atoms with E-state index in [-0.39, 0.29) is 5.41 Å². The highest BCUT2D eigenvalue weighted by Gasteiger charge is 2.50. The average molecular weight is 299 g/mol. The molecule has 3 aromatic rings. The number of hydrogen-bond acceptors (Lipinski definition) is 3. The van der Waals surface area contributed by atoms with Gasteiger partial charge < -0.3 is 0 Å². The van der Waals surface area contributed by atoms with Gasteiger partial charge in [-0.05, 0) is 32.3 Å². The maximum Gasteiger partial charge on any atom is 0.198 e. The second-order valence-electron chi connectivity index (χ2n) is 5.70. The summed E-state index contributed by atoms with van der Waals surface area (Å²) in [6.45, 7) is 4.01. The quantitative estimate of drug-likeness (QED) is 0.727. The summed E-state index contributed by atoms with van der Waals surface area (Å²) in [5.41, 5.74) is 3.89. The Bertz CT molecular complexity index is 834. The van der Waals surface area contributed by atoms with Gasteiger partial charge in [0.05, 0.1) is 11.1 Å². The lowest BCUT2D eigenvalue weighted by Gasteiger charge is -2.15. The number of rotatable bonds is 2. The molecule has 2 aromatic heterocycles. The number of halogens is 1. The van der Waals surface area contributed by atoms with Crippen molar-refractivity contribution in [1.29, 1.82) is 0 Å². The van der Waals surface area contributed by atoms with Crippen LogP contribution >= 0.6 is 11.6 Å². The van der Waals surface area contributed by atoms with Gasteiger partial charge in [0.25, 0.3) is 0 Å². The summed E-state index contributed by atoms with van der Waals surface area (Å²) >= 11 is 6.23. The average Bonchev–Trinajstić information content (AvgIpc) is 3.18. The standard InChI is InChI=1S/C16H15ClN4/c1-10-11(2)21-14(13(17)18-10)19-20-15(21)16(8-9-16)12-6-4-3-5-7-12/h3-7H,8-9H2,1-2H3. The van der Waals surface area contributed by atoms with E-state index in [2.05, 4.69) is 43.8 Å². The molecular formula is C16H15ClN4. The van der Waals surface area contributed by atoms with Crippen molar-refractivity contribution in [3.8, 4) is 0 Å². The van der Waals surface area contributed by atoms with Crippen LogP contribution in [-0.4, -0.2) is 19.6 Å². The molecular weight excluding hydrogens is 284 g/mol.